The van der Waals surface area contributed by atoms with Crippen molar-refractivity contribution in [2.75, 3.05) is 0 Å². The second-order valence-electron chi connectivity index (χ2n) is 8.20. The first-order chi connectivity index (χ1) is 16.0. The SMILES string of the molecule is N#CCC1(n2ncc(-c3cc(-c4ccc(C(N)=O)cn4)cc4ncccc34)n2)CC(C#N)C1. The highest BCUT2D eigenvalue weighted by molar-refractivity contribution is 5.97. The molecule has 0 radical (unpaired) electrons. The molecule has 33 heavy (non-hydrogen) atoms. The lowest BCUT2D eigenvalue weighted by Gasteiger charge is -2.42. The molecule has 5 rings (SSSR count). The zero-order valence-corrected chi connectivity index (χ0v) is 17.5. The first-order valence-electron chi connectivity index (χ1n) is 10.4. The zero-order chi connectivity index (χ0) is 23.0. The van der Waals surface area contributed by atoms with Crippen LogP contribution < -0.4 is 5.73 Å². The lowest BCUT2D eigenvalue weighted by atomic mass is 9.68. The van der Waals surface area contributed by atoms with Crippen molar-refractivity contribution in [2.45, 2.75) is 24.8 Å². The van der Waals surface area contributed by atoms with E-state index in [4.69, 9.17) is 10.8 Å². The maximum Gasteiger partial charge on any atom is 0.250 e. The van der Waals surface area contributed by atoms with Crippen LogP contribution >= 0.6 is 0 Å². The molecular formula is C24H18N8O. The zero-order valence-electron chi connectivity index (χ0n) is 17.5. The van der Waals surface area contributed by atoms with Crippen molar-refractivity contribution in [3.8, 4) is 34.7 Å². The van der Waals surface area contributed by atoms with Crippen molar-refractivity contribution in [3.05, 3.63) is 60.6 Å². The average Bonchev–Trinajstić information content (AvgIpc) is 3.31. The molecule has 3 heterocycles. The Morgan fingerprint density at radius 3 is 2.70 bits per heavy atom. The van der Waals surface area contributed by atoms with Crippen LogP contribution in [0.5, 0.6) is 0 Å². The van der Waals surface area contributed by atoms with Gasteiger partial charge in [-0.1, -0.05) is 6.07 Å². The summed E-state index contributed by atoms with van der Waals surface area (Å²) < 4.78 is 0. The van der Waals surface area contributed by atoms with Crippen LogP contribution in [0.25, 0.3) is 33.4 Å². The van der Waals surface area contributed by atoms with E-state index in [0.717, 1.165) is 22.0 Å². The first kappa shape index (κ1) is 20.3. The van der Waals surface area contributed by atoms with Gasteiger partial charge in [-0.15, -0.1) is 0 Å². The summed E-state index contributed by atoms with van der Waals surface area (Å²) >= 11 is 0. The lowest BCUT2D eigenvalue weighted by Crippen LogP contribution is -2.47. The fourth-order valence-corrected chi connectivity index (χ4v) is 4.34. The molecule has 1 saturated carbocycles. The number of primary amides is 1. The van der Waals surface area contributed by atoms with E-state index in [1.807, 2.05) is 24.3 Å². The summed E-state index contributed by atoms with van der Waals surface area (Å²) in [5.74, 6) is -0.622. The number of amides is 1. The van der Waals surface area contributed by atoms with Crippen LogP contribution in [0.2, 0.25) is 0 Å². The second-order valence-corrected chi connectivity index (χ2v) is 8.20. The summed E-state index contributed by atoms with van der Waals surface area (Å²) in [4.78, 5) is 21.9. The summed E-state index contributed by atoms with van der Waals surface area (Å²) in [6.45, 7) is 0. The Hall–Kier alpha value is -4.63. The summed E-state index contributed by atoms with van der Waals surface area (Å²) in [5.41, 5.74) is 8.81. The van der Waals surface area contributed by atoms with Gasteiger partial charge in [-0.25, -0.2) is 0 Å². The Bertz CT molecular complexity index is 1450. The highest BCUT2D eigenvalue weighted by Gasteiger charge is 2.48. The number of hydrogen-bond donors (Lipinski definition) is 1. The monoisotopic (exact) mass is 434 g/mol. The molecule has 4 aromatic rings. The normalized spacial score (nSPS) is 19.4. The highest BCUT2D eigenvalue weighted by Crippen LogP contribution is 2.45. The molecule has 0 bridgehead atoms. The number of fused-ring (bicyclic) bond motifs is 1. The van der Waals surface area contributed by atoms with Crippen LogP contribution in [0.3, 0.4) is 0 Å². The van der Waals surface area contributed by atoms with Gasteiger partial charge < -0.3 is 5.73 Å². The third-order valence-corrected chi connectivity index (χ3v) is 6.10. The van der Waals surface area contributed by atoms with E-state index in [-0.39, 0.29) is 12.3 Å². The molecule has 2 N–H and O–H groups in total. The second kappa shape index (κ2) is 7.81. The predicted octanol–water partition coefficient (Wildman–Crippen LogP) is 3.20. The van der Waals surface area contributed by atoms with Crippen LogP contribution in [0.1, 0.15) is 29.6 Å². The number of nitriles is 2. The Balaban J connectivity index is 1.60. The summed E-state index contributed by atoms with van der Waals surface area (Å²) in [5, 5.41) is 28.6. The van der Waals surface area contributed by atoms with E-state index in [1.165, 1.54) is 6.20 Å². The number of carbonyl (C=O) groups is 1. The fraction of sp³-hybridized carbons (Fsp3) is 0.208. The van der Waals surface area contributed by atoms with Crippen LogP contribution in [-0.4, -0.2) is 30.9 Å². The summed E-state index contributed by atoms with van der Waals surface area (Å²) in [6.07, 6.45) is 6.21. The Morgan fingerprint density at radius 1 is 1.15 bits per heavy atom. The molecule has 0 spiro atoms. The molecule has 9 nitrogen and oxygen atoms in total. The number of pyridine rings is 2. The van der Waals surface area contributed by atoms with Crippen LogP contribution in [0, 0.1) is 28.6 Å². The molecule has 1 fully saturated rings. The van der Waals surface area contributed by atoms with Crippen molar-refractivity contribution in [1.29, 1.82) is 10.5 Å². The molecule has 160 valence electrons. The molecule has 1 aromatic carbocycles. The van der Waals surface area contributed by atoms with Gasteiger partial charge in [-0.05, 0) is 43.2 Å². The lowest BCUT2D eigenvalue weighted by molar-refractivity contribution is 0.0713. The molecular weight excluding hydrogens is 416 g/mol. The molecule has 0 atom stereocenters. The first-order valence-corrected chi connectivity index (χ1v) is 10.4. The van der Waals surface area contributed by atoms with Crippen LogP contribution in [-0.2, 0) is 5.54 Å². The molecule has 0 aliphatic heterocycles. The van der Waals surface area contributed by atoms with Crippen LogP contribution in [0.4, 0.5) is 0 Å². The van der Waals surface area contributed by atoms with Gasteiger partial charge in [0.2, 0.25) is 5.91 Å². The van der Waals surface area contributed by atoms with Gasteiger partial charge in [-0.2, -0.15) is 25.5 Å². The number of nitrogens with two attached hydrogens (primary N) is 1. The van der Waals surface area contributed by atoms with Gasteiger partial charge >= 0.3 is 0 Å². The molecule has 1 aliphatic rings. The van der Waals surface area contributed by atoms with Crippen LogP contribution in [0.15, 0.2) is 55.0 Å². The van der Waals surface area contributed by atoms with Gasteiger partial charge in [0.1, 0.15) is 5.69 Å². The maximum atomic E-state index is 11.4. The van der Waals surface area contributed by atoms with E-state index in [9.17, 15) is 15.3 Å². The Kier molecular flexibility index (Phi) is 4.80. The minimum Gasteiger partial charge on any atom is -0.366 e. The minimum absolute atomic E-state index is 0.0874. The van der Waals surface area contributed by atoms with Gasteiger partial charge in [0.25, 0.3) is 0 Å². The van der Waals surface area contributed by atoms with E-state index in [2.05, 4.69) is 27.2 Å². The maximum absolute atomic E-state index is 11.4. The van der Waals surface area contributed by atoms with Crippen molar-refractivity contribution < 1.29 is 4.79 Å². The standard InChI is InChI=1S/C24H18N8O/c25-6-5-24(10-15(11-24)12-26)32-30-14-22(31-32)19-8-17(9-21-18(19)2-1-7-28-21)20-4-3-16(13-29-20)23(27)33/h1-4,7-9,13-15H,5,10-11H2,(H2,27,33). The average molecular weight is 434 g/mol. The number of nitrogens with zero attached hydrogens (tertiary/aromatic N) is 7. The van der Waals surface area contributed by atoms with Gasteiger partial charge in [0.05, 0.1) is 53.0 Å². The summed E-state index contributed by atoms with van der Waals surface area (Å²) in [7, 11) is 0. The number of carbonyl (C=O) groups excluding carboxylic acids is 1. The van der Waals surface area contributed by atoms with E-state index >= 15 is 0 Å². The van der Waals surface area contributed by atoms with Crippen molar-refractivity contribution in [2.24, 2.45) is 11.7 Å². The number of rotatable bonds is 5. The quantitative estimate of drug-likeness (QED) is 0.507. The Morgan fingerprint density at radius 2 is 2.00 bits per heavy atom. The highest BCUT2D eigenvalue weighted by atomic mass is 16.1. The van der Waals surface area contributed by atoms with E-state index in [0.29, 0.717) is 29.8 Å². The molecule has 3 aromatic heterocycles. The third-order valence-electron chi connectivity index (χ3n) is 6.10. The smallest absolute Gasteiger partial charge is 0.250 e. The third kappa shape index (κ3) is 3.46. The minimum atomic E-state index is -0.550. The van der Waals surface area contributed by atoms with Crippen molar-refractivity contribution in [1.82, 2.24) is 25.0 Å². The molecule has 1 aliphatic carbocycles. The van der Waals surface area contributed by atoms with Gasteiger partial charge in [0.15, 0.2) is 0 Å². The van der Waals surface area contributed by atoms with E-state index in [1.54, 1.807) is 29.3 Å². The predicted molar refractivity (Wildman–Crippen MR) is 119 cm³/mol. The van der Waals surface area contributed by atoms with Crippen molar-refractivity contribution >= 4 is 16.8 Å². The summed E-state index contributed by atoms with van der Waals surface area (Å²) in [6, 6.07) is 15.6. The number of aromatic nitrogens is 5. The van der Waals surface area contributed by atoms with Gasteiger partial charge in [-0.3, -0.25) is 14.8 Å². The molecule has 0 saturated heterocycles. The largest absolute Gasteiger partial charge is 0.366 e. The Labute approximate surface area is 189 Å². The number of benzene rings is 1. The van der Waals surface area contributed by atoms with Gasteiger partial charge in [0, 0.05) is 28.9 Å². The fourth-order valence-electron chi connectivity index (χ4n) is 4.34. The molecule has 9 heteroatoms. The van der Waals surface area contributed by atoms with Crippen molar-refractivity contribution in [3.63, 3.8) is 0 Å². The van der Waals surface area contributed by atoms with E-state index < -0.39 is 11.4 Å². The molecule has 0 unspecified atom stereocenters. The number of hydrogen-bond acceptors (Lipinski definition) is 7. The topological polar surface area (TPSA) is 147 Å². The molecule has 1 amide bonds.